The maximum absolute atomic E-state index is 13.3. The average Bonchev–Trinajstić information content (AvgIpc) is 3.08. The minimum Gasteiger partial charge on any atom is -0.493 e. The van der Waals surface area contributed by atoms with Gasteiger partial charge in [-0.1, -0.05) is 23.4 Å². The monoisotopic (exact) mass is 390 g/mol. The topological polar surface area (TPSA) is 51.1 Å². The Bertz CT molecular complexity index is 839. The van der Waals surface area contributed by atoms with E-state index in [0.29, 0.717) is 27.3 Å². The van der Waals surface area contributed by atoms with Crippen molar-refractivity contribution in [1.29, 1.82) is 0 Å². The number of carbonyl (C=O) groups is 1. The lowest BCUT2D eigenvalue weighted by molar-refractivity contribution is 0.100. The van der Waals surface area contributed by atoms with Gasteiger partial charge in [-0.3, -0.25) is 14.7 Å². The lowest BCUT2D eigenvalue weighted by Crippen LogP contribution is -2.34. The maximum Gasteiger partial charge on any atom is 0.264 e. The van der Waals surface area contributed by atoms with Crippen LogP contribution in [-0.4, -0.2) is 37.1 Å². The second-order valence-electron chi connectivity index (χ2n) is 5.76. The predicted molar refractivity (Wildman–Crippen MR) is 107 cm³/mol. The fraction of sp³-hybridized carbons (Fsp3) is 0.263. The van der Waals surface area contributed by atoms with E-state index in [-0.39, 0.29) is 11.9 Å². The Labute approximate surface area is 162 Å². The number of methoxy groups -OCH3 is 2. The molecule has 0 saturated carbocycles. The Balaban J connectivity index is 2.02. The van der Waals surface area contributed by atoms with Gasteiger partial charge in [-0.15, -0.1) is 0 Å². The van der Waals surface area contributed by atoms with Gasteiger partial charge >= 0.3 is 0 Å². The van der Waals surface area contributed by atoms with Crippen LogP contribution in [0.15, 0.2) is 47.5 Å². The van der Waals surface area contributed by atoms with Crippen LogP contribution in [0.25, 0.3) is 0 Å². The zero-order valence-corrected chi connectivity index (χ0v) is 16.3. The van der Waals surface area contributed by atoms with Crippen molar-refractivity contribution in [2.24, 2.45) is 4.99 Å². The summed E-state index contributed by atoms with van der Waals surface area (Å²) in [5.74, 6) is 1.74. The molecule has 1 amide bonds. The fourth-order valence-electron chi connectivity index (χ4n) is 2.58. The first kappa shape index (κ1) is 18.6. The summed E-state index contributed by atoms with van der Waals surface area (Å²) in [6.45, 7) is 2.03. The Morgan fingerprint density at radius 2 is 1.85 bits per heavy atom. The molecule has 0 radical (unpaired) electrons. The second-order valence-corrected chi connectivity index (χ2v) is 7.18. The number of halogens is 1. The van der Waals surface area contributed by atoms with Crippen molar-refractivity contribution in [1.82, 2.24) is 0 Å². The van der Waals surface area contributed by atoms with Gasteiger partial charge in [0.25, 0.3) is 5.91 Å². The third kappa shape index (κ3) is 3.81. The molecule has 0 N–H and O–H groups in total. The van der Waals surface area contributed by atoms with Crippen LogP contribution in [-0.2, 0) is 0 Å². The number of benzene rings is 2. The van der Waals surface area contributed by atoms with E-state index >= 15 is 0 Å². The number of hydrogen-bond donors (Lipinski definition) is 0. The number of aliphatic imine (C=N–C) groups is 1. The van der Waals surface area contributed by atoms with Gasteiger partial charge in [0.05, 0.1) is 25.9 Å². The standard InChI is InChI=1S/C19H19ClN2O3S/c1-12-11-26-19(21-12)22(15-7-5-14(20)6-8-15)18(23)13-4-9-16(24-2)17(10-13)25-3/h4-10,12H,11H2,1-3H3/t12-/m1/s1. The van der Waals surface area contributed by atoms with E-state index in [1.807, 2.05) is 19.1 Å². The van der Waals surface area contributed by atoms with Crippen LogP contribution < -0.4 is 14.4 Å². The molecule has 2 aromatic carbocycles. The van der Waals surface area contributed by atoms with E-state index in [9.17, 15) is 4.79 Å². The van der Waals surface area contributed by atoms with Crippen molar-refractivity contribution in [2.75, 3.05) is 24.9 Å². The third-order valence-corrected chi connectivity index (χ3v) is 5.34. The minimum atomic E-state index is -0.186. The second kappa shape index (κ2) is 8.01. The van der Waals surface area contributed by atoms with Crippen LogP contribution >= 0.6 is 23.4 Å². The summed E-state index contributed by atoms with van der Waals surface area (Å²) >= 11 is 7.56. The summed E-state index contributed by atoms with van der Waals surface area (Å²) in [4.78, 5) is 19.5. The number of hydrogen-bond acceptors (Lipinski definition) is 5. The number of amides is 1. The molecule has 5 nitrogen and oxygen atoms in total. The maximum atomic E-state index is 13.3. The first-order valence-corrected chi connectivity index (χ1v) is 9.42. The molecule has 0 aromatic heterocycles. The Morgan fingerprint density at radius 1 is 1.15 bits per heavy atom. The van der Waals surface area contributed by atoms with E-state index in [4.69, 9.17) is 21.1 Å². The third-order valence-electron chi connectivity index (χ3n) is 3.89. The van der Waals surface area contributed by atoms with Crippen molar-refractivity contribution in [3.63, 3.8) is 0 Å². The summed E-state index contributed by atoms with van der Waals surface area (Å²) in [5.41, 5.74) is 1.20. The van der Waals surface area contributed by atoms with Gasteiger partial charge in [0.15, 0.2) is 16.7 Å². The molecule has 1 atom stereocenters. The summed E-state index contributed by atoms with van der Waals surface area (Å²) in [6.07, 6.45) is 0. The molecule has 0 spiro atoms. The van der Waals surface area contributed by atoms with Crippen molar-refractivity contribution >= 4 is 40.1 Å². The number of carbonyl (C=O) groups excluding carboxylic acids is 1. The van der Waals surface area contributed by atoms with Crippen molar-refractivity contribution in [3.8, 4) is 11.5 Å². The molecule has 1 aliphatic heterocycles. The van der Waals surface area contributed by atoms with E-state index < -0.39 is 0 Å². The normalized spacial score (nSPS) is 16.2. The van der Waals surface area contributed by atoms with Crippen molar-refractivity contribution < 1.29 is 14.3 Å². The van der Waals surface area contributed by atoms with Crippen LogP contribution in [0.1, 0.15) is 17.3 Å². The molecule has 0 aliphatic carbocycles. The highest BCUT2D eigenvalue weighted by atomic mass is 35.5. The quantitative estimate of drug-likeness (QED) is 0.771. The number of anilines is 1. The van der Waals surface area contributed by atoms with E-state index in [1.165, 1.54) is 0 Å². The molecule has 0 unspecified atom stereocenters. The fourth-order valence-corrected chi connectivity index (χ4v) is 3.75. The highest BCUT2D eigenvalue weighted by molar-refractivity contribution is 8.14. The number of thioether (sulfide) groups is 1. The average molecular weight is 391 g/mol. The van der Waals surface area contributed by atoms with E-state index in [1.54, 1.807) is 61.2 Å². The zero-order chi connectivity index (χ0) is 18.7. The van der Waals surface area contributed by atoms with Gasteiger partial charge in [-0.05, 0) is 49.4 Å². The Morgan fingerprint density at radius 3 is 2.42 bits per heavy atom. The van der Waals surface area contributed by atoms with Gasteiger partial charge in [0.1, 0.15) is 0 Å². The summed E-state index contributed by atoms with van der Waals surface area (Å²) in [5, 5.41) is 1.29. The van der Waals surface area contributed by atoms with Gasteiger partial charge in [-0.25, -0.2) is 0 Å². The molecular weight excluding hydrogens is 372 g/mol. The number of rotatable bonds is 4. The molecule has 26 heavy (non-hydrogen) atoms. The minimum absolute atomic E-state index is 0.169. The van der Waals surface area contributed by atoms with Gasteiger partial charge < -0.3 is 9.47 Å². The number of ether oxygens (including phenoxy) is 2. The van der Waals surface area contributed by atoms with Gasteiger partial charge in [0.2, 0.25) is 0 Å². The van der Waals surface area contributed by atoms with Gasteiger partial charge in [-0.2, -0.15) is 0 Å². The number of nitrogens with zero attached hydrogens (tertiary/aromatic N) is 2. The molecule has 0 bridgehead atoms. The Kier molecular flexibility index (Phi) is 5.74. The molecule has 3 rings (SSSR count). The largest absolute Gasteiger partial charge is 0.493 e. The van der Waals surface area contributed by atoms with Crippen LogP contribution in [0.5, 0.6) is 11.5 Å². The molecule has 136 valence electrons. The summed E-state index contributed by atoms with van der Waals surface area (Å²) < 4.78 is 10.6. The molecule has 1 aliphatic rings. The smallest absolute Gasteiger partial charge is 0.264 e. The summed E-state index contributed by atoms with van der Waals surface area (Å²) in [7, 11) is 3.10. The van der Waals surface area contributed by atoms with E-state index in [0.717, 1.165) is 11.4 Å². The Hall–Kier alpha value is -2.18. The molecule has 7 heteroatoms. The van der Waals surface area contributed by atoms with Crippen LogP contribution in [0.2, 0.25) is 5.02 Å². The first-order valence-electron chi connectivity index (χ1n) is 8.06. The van der Waals surface area contributed by atoms with Crippen molar-refractivity contribution in [2.45, 2.75) is 13.0 Å². The van der Waals surface area contributed by atoms with Crippen molar-refractivity contribution in [3.05, 3.63) is 53.1 Å². The number of amidine groups is 1. The molecule has 1 heterocycles. The van der Waals surface area contributed by atoms with Crippen LogP contribution in [0.3, 0.4) is 0 Å². The van der Waals surface area contributed by atoms with Crippen LogP contribution in [0.4, 0.5) is 5.69 Å². The predicted octanol–water partition coefficient (Wildman–Crippen LogP) is 4.50. The van der Waals surface area contributed by atoms with Gasteiger partial charge in [0, 0.05) is 16.3 Å². The first-order chi connectivity index (χ1) is 12.5. The SMILES string of the molecule is COc1ccc(C(=O)N(C2=N[C@H](C)CS2)c2ccc(Cl)cc2)cc1OC. The lowest BCUT2D eigenvalue weighted by atomic mass is 10.1. The summed E-state index contributed by atoms with van der Waals surface area (Å²) in [6, 6.07) is 12.4. The molecule has 2 aromatic rings. The molecule has 0 saturated heterocycles. The molecule has 0 fully saturated rings. The lowest BCUT2D eigenvalue weighted by Gasteiger charge is -2.22. The van der Waals surface area contributed by atoms with E-state index in [2.05, 4.69) is 4.99 Å². The highest BCUT2D eigenvalue weighted by Crippen LogP contribution is 2.31. The zero-order valence-electron chi connectivity index (χ0n) is 14.7. The highest BCUT2D eigenvalue weighted by Gasteiger charge is 2.28. The van der Waals surface area contributed by atoms with Crippen LogP contribution in [0, 0.1) is 0 Å². The molecular formula is C19H19ClN2O3S.